The van der Waals surface area contributed by atoms with Gasteiger partial charge in [-0.1, -0.05) is 0 Å². The van der Waals surface area contributed by atoms with Gasteiger partial charge in [0.25, 0.3) is 5.91 Å². The molecule has 0 radical (unpaired) electrons. The zero-order valence-corrected chi connectivity index (χ0v) is 7.41. The highest BCUT2D eigenvalue weighted by molar-refractivity contribution is 5.93. The minimum absolute atomic E-state index is 0.251. The average molecular weight is 191 g/mol. The van der Waals surface area contributed by atoms with Gasteiger partial charge in [-0.2, -0.15) is 5.26 Å². The Kier molecular flexibility index (Phi) is 3.44. The Balaban J connectivity index is 2.58. The maximum atomic E-state index is 11.3. The molecule has 1 heterocycles. The van der Waals surface area contributed by atoms with Crippen molar-refractivity contribution in [2.75, 3.05) is 6.54 Å². The van der Waals surface area contributed by atoms with Crippen molar-refractivity contribution in [1.29, 1.82) is 5.26 Å². The van der Waals surface area contributed by atoms with Crippen LogP contribution >= 0.6 is 0 Å². The van der Waals surface area contributed by atoms with Crippen molar-refractivity contribution in [3.05, 3.63) is 34.2 Å². The first-order valence-electron chi connectivity index (χ1n) is 4.08. The van der Waals surface area contributed by atoms with Crippen LogP contribution < -0.4 is 10.9 Å². The highest BCUT2D eigenvalue weighted by Gasteiger charge is 2.03. The molecule has 0 atom stereocenters. The third-order valence-electron chi connectivity index (χ3n) is 1.57. The van der Waals surface area contributed by atoms with Gasteiger partial charge in [0.2, 0.25) is 5.56 Å². The summed E-state index contributed by atoms with van der Waals surface area (Å²) in [5.41, 5.74) is 0.126. The van der Waals surface area contributed by atoms with Crippen LogP contribution in [0.3, 0.4) is 0 Å². The van der Waals surface area contributed by atoms with Crippen LogP contribution in [0.25, 0.3) is 0 Å². The number of aromatic amines is 1. The number of pyridine rings is 1. The highest BCUT2D eigenvalue weighted by Crippen LogP contribution is 1.92. The van der Waals surface area contributed by atoms with Crippen LogP contribution in [-0.2, 0) is 0 Å². The molecule has 0 spiro atoms. The molecule has 0 aliphatic carbocycles. The predicted octanol–water partition coefficient (Wildman–Crippen LogP) is 0.0184. The van der Waals surface area contributed by atoms with Crippen molar-refractivity contribution in [3.8, 4) is 6.07 Å². The van der Waals surface area contributed by atoms with Crippen LogP contribution in [-0.4, -0.2) is 17.4 Å². The number of rotatable bonds is 3. The lowest BCUT2D eigenvalue weighted by atomic mass is 10.2. The van der Waals surface area contributed by atoms with E-state index in [9.17, 15) is 9.59 Å². The van der Waals surface area contributed by atoms with Crippen molar-refractivity contribution >= 4 is 5.91 Å². The number of hydrogen-bond acceptors (Lipinski definition) is 3. The van der Waals surface area contributed by atoms with Crippen LogP contribution in [0.1, 0.15) is 16.8 Å². The number of carbonyl (C=O) groups is 1. The van der Waals surface area contributed by atoms with Gasteiger partial charge in [0.05, 0.1) is 18.1 Å². The molecule has 5 nitrogen and oxygen atoms in total. The maximum Gasteiger partial charge on any atom is 0.252 e. The zero-order chi connectivity index (χ0) is 10.4. The second-order valence-corrected chi connectivity index (χ2v) is 2.61. The van der Waals surface area contributed by atoms with E-state index in [1.807, 2.05) is 6.07 Å². The van der Waals surface area contributed by atoms with Gasteiger partial charge in [-0.15, -0.1) is 0 Å². The van der Waals surface area contributed by atoms with Gasteiger partial charge in [0.15, 0.2) is 0 Å². The van der Waals surface area contributed by atoms with Gasteiger partial charge < -0.3 is 10.3 Å². The summed E-state index contributed by atoms with van der Waals surface area (Å²) < 4.78 is 0. The van der Waals surface area contributed by atoms with E-state index in [1.165, 1.54) is 18.3 Å². The molecular formula is C9H9N3O2. The first-order chi connectivity index (χ1) is 6.74. The number of hydrogen-bond donors (Lipinski definition) is 2. The molecule has 1 aromatic rings. The summed E-state index contributed by atoms with van der Waals surface area (Å²) in [6.07, 6.45) is 1.61. The summed E-state index contributed by atoms with van der Waals surface area (Å²) in [5.74, 6) is -0.295. The van der Waals surface area contributed by atoms with E-state index in [4.69, 9.17) is 5.26 Å². The van der Waals surface area contributed by atoms with Gasteiger partial charge in [0, 0.05) is 18.8 Å². The Bertz CT molecular complexity index is 396. The molecule has 0 fully saturated rings. The molecule has 1 amide bonds. The van der Waals surface area contributed by atoms with Crippen LogP contribution in [0.4, 0.5) is 0 Å². The lowest BCUT2D eigenvalue weighted by Gasteiger charge is -2.00. The predicted molar refractivity (Wildman–Crippen MR) is 49.6 cm³/mol. The monoisotopic (exact) mass is 191 g/mol. The first kappa shape index (κ1) is 9.99. The highest BCUT2D eigenvalue weighted by atomic mass is 16.1. The molecule has 1 aromatic heterocycles. The summed E-state index contributed by atoms with van der Waals surface area (Å²) in [4.78, 5) is 24.4. The van der Waals surface area contributed by atoms with Crippen LogP contribution in [0.15, 0.2) is 23.1 Å². The standard InChI is InChI=1S/C9H9N3O2/c10-4-1-5-11-9(14)7-2-3-8(13)12-6-7/h2-3,6H,1,5H2,(H,11,14)(H,12,13). The lowest BCUT2D eigenvalue weighted by Crippen LogP contribution is -2.24. The number of carbonyl (C=O) groups excluding carboxylic acids is 1. The van der Waals surface area contributed by atoms with E-state index in [2.05, 4.69) is 10.3 Å². The quantitative estimate of drug-likeness (QED) is 0.660. The summed E-state index contributed by atoms with van der Waals surface area (Å²) in [5, 5.41) is 10.8. The molecule has 0 bridgehead atoms. The normalized spacial score (nSPS) is 9.07. The number of H-pyrrole nitrogens is 1. The van der Waals surface area contributed by atoms with Gasteiger partial charge in [-0.25, -0.2) is 0 Å². The fraction of sp³-hybridized carbons (Fsp3) is 0.222. The van der Waals surface area contributed by atoms with Gasteiger partial charge in [-0.3, -0.25) is 9.59 Å². The molecule has 0 aromatic carbocycles. The summed E-state index contributed by atoms with van der Waals surface area (Å²) in [6, 6.07) is 4.62. The van der Waals surface area contributed by atoms with Crippen molar-refractivity contribution in [2.45, 2.75) is 6.42 Å². The van der Waals surface area contributed by atoms with Gasteiger partial charge >= 0.3 is 0 Å². The fourth-order valence-electron chi connectivity index (χ4n) is 0.886. The number of nitriles is 1. The minimum Gasteiger partial charge on any atom is -0.351 e. The van der Waals surface area contributed by atoms with Crippen molar-refractivity contribution in [3.63, 3.8) is 0 Å². The fourth-order valence-corrected chi connectivity index (χ4v) is 0.886. The number of nitrogens with one attached hydrogen (secondary N) is 2. The van der Waals surface area contributed by atoms with E-state index in [0.717, 1.165) is 0 Å². The zero-order valence-electron chi connectivity index (χ0n) is 7.41. The molecule has 0 aliphatic heterocycles. The van der Waals surface area contributed by atoms with E-state index in [0.29, 0.717) is 12.1 Å². The third kappa shape index (κ3) is 2.75. The number of amides is 1. The minimum atomic E-state index is -0.295. The Hall–Kier alpha value is -2.09. The molecule has 72 valence electrons. The molecule has 0 saturated heterocycles. The number of aromatic nitrogens is 1. The van der Waals surface area contributed by atoms with E-state index >= 15 is 0 Å². The van der Waals surface area contributed by atoms with Crippen molar-refractivity contribution in [2.24, 2.45) is 0 Å². The van der Waals surface area contributed by atoms with Crippen molar-refractivity contribution in [1.82, 2.24) is 10.3 Å². The largest absolute Gasteiger partial charge is 0.351 e. The lowest BCUT2D eigenvalue weighted by molar-refractivity contribution is 0.0954. The Labute approximate surface area is 80.4 Å². The molecular weight excluding hydrogens is 182 g/mol. The first-order valence-corrected chi connectivity index (χ1v) is 4.08. The Morgan fingerprint density at radius 3 is 2.93 bits per heavy atom. The smallest absolute Gasteiger partial charge is 0.252 e. The van der Waals surface area contributed by atoms with Crippen molar-refractivity contribution < 1.29 is 4.79 Å². The second-order valence-electron chi connectivity index (χ2n) is 2.61. The molecule has 14 heavy (non-hydrogen) atoms. The summed E-state index contributed by atoms with van der Waals surface area (Å²) in [7, 11) is 0. The molecule has 0 aliphatic rings. The van der Waals surface area contributed by atoms with Gasteiger partial charge in [-0.05, 0) is 6.07 Å². The van der Waals surface area contributed by atoms with Gasteiger partial charge in [0.1, 0.15) is 0 Å². The molecule has 1 rings (SSSR count). The summed E-state index contributed by atoms with van der Waals surface area (Å²) in [6.45, 7) is 0.314. The second kappa shape index (κ2) is 4.82. The van der Waals surface area contributed by atoms with Crippen LogP contribution in [0.2, 0.25) is 0 Å². The van der Waals surface area contributed by atoms with Crippen LogP contribution in [0, 0.1) is 11.3 Å². The topological polar surface area (TPSA) is 85.8 Å². The van der Waals surface area contributed by atoms with E-state index in [-0.39, 0.29) is 17.9 Å². The molecule has 0 saturated carbocycles. The molecule has 2 N–H and O–H groups in total. The maximum absolute atomic E-state index is 11.3. The molecule has 0 unspecified atom stereocenters. The van der Waals surface area contributed by atoms with E-state index < -0.39 is 0 Å². The van der Waals surface area contributed by atoms with Crippen LogP contribution in [0.5, 0.6) is 0 Å². The Morgan fingerprint density at radius 2 is 2.36 bits per heavy atom. The third-order valence-corrected chi connectivity index (χ3v) is 1.57. The molecule has 5 heteroatoms. The van der Waals surface area contributed by atoms with E-state index in [1.54, 1.807) is 0 Å². The SMILES string of the molecule is N#CCCNC(=O)c1ccc(=O)[nH]c1. The Morgan fingerprint density at radius 1 is 1.57 bits per heavy atom. The summed E-state index contributed by atoms with van der Waals surface area (Å²) >= 11 is 0. The average Bonchev–Trinajstić information content (AvgIpc) is 2.19. The number of nitrogens with zero attached hydrogens (tertiary/aromatic N) is 1.